The van der Waals surface area contributed by atoms with Crippen LogP contribution in [0.3, 0.4) is 0 Å². The van der Waals surface area contributed by atoms with Crippen LogP contribution >= 0.6 is 0 Å². The van der Waals surface area contributed by atoms with Gasteiger partial charge in [0, 0.05) is 16.7 Å². The molecule has 0 spiro atoms. The van der Waals surface area contributed by atoms with Crippen molar-refractivity contribution in [2.24, 2.45) is 0 Å². The highest BCUT2D eigenvalue weighted by atomic mass is 16.5. The van der Waals surface area contributed by atoms with E-state index in [0.29, 0.717) is 23.2 Å². The minimum atomic E-state index is -1.31. The zero-order valence-corrected chi connectivity index (χ0v) is 11.4. The molecule has 2 aromatic rings. The van der Waals surface area contributed by atoms with E-state index in [0.717, 1.165) is 5.56 Å². The second-order valence-corrected chi connectivity index (χ2v) is 4.33. The fourth-order valence-corrected chi connectivity index (χ4v) is 1.97. The molecule has 0 fully saturated rings. The molecule has 0 N–H and O–H groups in total. The fraction of sp³-hybridized carbons (Fsp3) is 0.0588. The van der Waals surface area contributed by atoms with Crippen molar-refractivity contribution in [1.82, 2.24) is 0 Å². The Balaban J connectivity index is 2.56. The summed E-state index contributed by atoms with van der Waals surface area (Å²) in [7, 11) is 1.42. The monoisotopic (exact) mass is 281 g/mol. The van der Waals surface area contributed by atoms with Gasteiger partial charge in [0.25, 0.3) is 0 Å². The average Bonchev–Trinajstić information content (AvgIpc) is 2.52. The molecule has 0 aromatic heterocycles. The van der Waals surface area contributed by atoms with Crippen LogP contribution in [0.15, 0.2) is 48.5 Å². The van der Waals surface area contributed by atoms with Gasteiger partial charge in [-0.1, -0.05) is 36.4 Å². The summed E-state index contributed by atoms with van der Waals surface area (Å²) >= 11 is 0. The minimum Gasteiger partial charge on any atom is -0.545 e. The molecular formula is C17H13O4-. The van der Waals surface area contributed by atoms with Crippen molar-refractivity contribution >= 4 is 23.9 Å². The molecule has 0 saturated heterocycles. The second-order valence-electron chi connectivity index (χ2n) is 4.33. The molecule has 0 bridgehead atoms. The molecule has 2 aromatic carbocycles. The number of aldehydes is 1. The normalized spacial score (nSPS) is 11.0. The van der Waals surface area contributed by atoms with E-state index in [1.807, 2.05) is 18.2 Å². The van der Waals surface area contributed by atoms with Crippen molar-refractivity contribution < 1.29 is 19.4 Å². The maximum Gasteiger partial charge on any atom is 0.150 e. The van der Waals surface area contributed by atoms with Gasteiger partial charge in [0.2, 0.25) is 0 Å². The first-order valence-electron chi connectivity index (χ1n) is 6.27. The first kappa shape index (κ1) is 14.5. The van der Waals surface area contributed by atoms with Crippen LogP contribution < -0.4 is 9.84 Å². The van der Waals surface area contributed by atoms with Gasteiger partial charge in [-0.25, -0.2) is 0 Å². The molecule has 0 aliphatic rings. The first-order chi connectivity index (χ1) is 10.2. The smallest absolute Gasteiger partial charge is 0.150 e. The molecule has 21 heavy (non-hydrogen) atoms. The van der Waals surface area contributed by atoms with Gasteiger partial charge in [0.05, 0.1) is 13.1 Å². The Kier molecular flexibility index (Phi) is 4.51. The summed E-state index contributed by atoms with van der Waals surface area (Å²) in [5.74, 6) is -0.998. The summed E-state index contributed by atoms with van der Waals surface area (Å²) in [6.07, 6.45) is 2.18. The van der Waals surface area contributed by atoms with Crippen molar-refractivity contribution in [2.45, 2.75) is 0 Å². The Morgan fingerprint density at radius 1 is 1.10 bits per heavy atom. The number of hydrogen-bond donors (Lipinski definition) is 0. The number of carbonyl (C=O) groups excluding carboxylic acids is 2. The summed E-state index contributed by atoms with van der Waals surface area (Å²) in [6.45, 7) is 0. The van der Waals surface area contributed by atoms with E-state index < -0.39 is 5.97 Å². The number of carboxylic acid groups (broad SMARTS) is 1. The van der Waals surface area contributed by atoms with Gasteiger partial charge < -0.3 is 14.6 Å². The molecule has 0 unspecified atom stereocenters. The van der Waals surface area contributed by atoms with E-state index >= 15 is 0 Å². The Morgan fingerprint density at radius 3 is 2.38 bits per heavy atom. The SMILES string of the molecule is COc1cc(C=O)ccc1/C(=C\c1ccccc1)C(=O)[O-]. The molecule has 0 amide bonds. The molecule has 0 aliphatic carbocycles. The Hall–Kier alpha value is -2.88. The Morgan fingerprint density at radius 2 is 1.81 bits per heavy atom. The largest absolute Gasteiger partial charge is 0.545 e. The summed E-state index contributed by atoms with van der Waals surface area (Å²) in [4.78, 5) is 22.2. The van der Waals surface area contributed by atoms with Gasteiger partial charge >= 0.3 is 0 Å². The molecule has 0 aliphatic heterocycles. The van der Waals surface area contributed by atoms with Gasteiger partial charge in [0.15, 0.2) is 0 Å². The molecular weight excluding hydrogens is 268 g/mol. The zero-order valence-electron chi connectivity index (χ0n) is 11.4. The summed E-state index contributed by atoms with van der Waals surface area (Å²) in [6, 6.07) is 13.6. The van der Waals surface area contributed by atoms with Crippen molar-refractivity contribution in [1.29, 1.82) is 0 Å². The highest BCUT2D eigenvalue weighted by Crippen LogP contribution is 2.28. The number of methoxy groups -OCH3 is 1. The molecule has 0 atom stereocenters. The molecule has 0 heterocycles. The van der Waals surface area contributed by atoms with E-state index in [1.54, 1.807) is 12.1 Å². The van der Waals surface area contributed by atoms with E-state index in [4.69, 9.17) is 4.74 Å². The van der Waals surface area contributed by atoms with Crippen LogP contribution in [-0.4, -0.2) is 19.4 Å². The number of ether oxygens (including phenoxy) is 1. The lowest BCUT2D eigenvalue weighted by Crippen LogP contribution is -2.23. The third-order valence-electron chi connectivity index (χ3n) is 2.98. The highest BCUT2D eigenvalue weighted by molar-refractivity contribution is 6.20. The van der Waals surface area contributed by atoms with Gasteiger partial charge in [-0.15, -0.1) is 0 Å². The van der Waals surface area contributed by atoms with E-state index in [2.05, 4.69) is 0 Å². The van der Waals surface area contributed by atoms with Gasteiger partial charge in [0.1, 0.15) is 12.0 Å². The first-order valence-corrected chi connectivity index (χ1v) is 6.27. The van der Waals surface area contributed by atoms with Crippen LogP contribution in [0.1, 0.15) is 21.5 Å². The van der Waals surface area contributed by atoms with Gasteiger partial charge in [-0.2, -0.15) is 0 Å². The van der Waals surface area contributed by atoms with Crippen LogP contribution in [0, 0.1) is 0 Å². The molecule has 0 radical (unpaired) electrons. The van der Waals surface area contributed by atoms with Crippen LogP contribution in [0.4, 0.5) is 0 Å². The predicted molar refractivity (Wildman–Crippen MR) is 77.7 cm³/mol. The summed E-state index contributed by atoms with van der Waals surface area (Å²) in [5.41, 5.74) is 1.51. The minimum absolute atomic E-state index is 0.00417. The molecule has 2 rings (SSSR count). The molecule has 4 heteroatoms. The standard InChI is InChI=1S/C17H14O4/c1-21-16-10-13(11-18)7-8-14(16)15(17(19)20)9-12-5-3-2-4-6-12/h2-11H,1H3,(H,19,20)/p-1/b15-9+. The van der Waals surface area contributed by atoms with E-state index in [9.17, 15) is 14.7 Å². The average molecular weight is 281 g/mol. The van der Waals surface area contributed by atoms with Crippen molar-refractivity contribution in [3.63, 3.8) is 0 Å². The summed E-state index contributed by atoms with van der Waals surface area (Å²) < 4.78 is 5.17. The van der Waals surface area contributed by atoms with Crippen LogP contribution in [-0.2, 0) is 4.79 Å². The fourth-order valence-electron chi connectivity index (χ4n) is 1.97. The highest BCUT2D eigenvalue weighted by Gasteiger charge is 2.11. The molecule has 0 saturated carbocycles. The lowest BCUT2D eigenvalue weighted by atomic mass is 10.0. The summed E-state index contributed by atoms with van der Waals surface area (Å²) in [5, 5.41) is 11.4. The maximum atomic E-state index is 11.4. The maximum absolute atomic E-state index is 11.4. The van der Waals surface area contributed by atoms with E-state index in [-0.39, 0.29) is 5.57 Å². The van der Waals surface area contributed by atoms with Crippen LogP contribution in [0.2, 0.25) is 0 Å². The third kappa shape index (κ3) is 3.36. The number of carboxylic acids is 1. The van der Waals surface area contributed by atoms with Gasteiger partial charge in [-0.05, 0) is 23.8 Å². The molecule has 4 nitrogen and oxygen atoms in total. The van der Waals surface area contributed by atoms with Gasteiger partial charge in [-0.3, -0.25) is 4.79 Å². The number of aliphatic carboxylic acids is 1. The van der Waals surface area contributed by atoms with Crippen molar-refractivity contribution in [2.75, 3.05) is 7.11 Å². The van der Waals surface area contributed by atoms with E-state index in [1.165, 1.54) is 31.4 Å². The topological polar surface area (TPSA) is 66.4 Å². The van der Waals surface area contributed by atoms with Crippen molar-refractivity contribution in [3.05, 3.63) is 65.2 Å². The van der Waals surface area contributed by atoms with Crippen LogP contribution in [0.5, 0.6) is 5.75 Å². The zero-order chi connectivity index (χ0) is 15.2. The Labute approximate surface area is 122 Å². The number of hydrogen-bond acceptors (Lipinski definition) is 4. The molecule has 106 valence electrons. The predicted octanol–water partition coefficient (Wildman–Crippen LogP) is 1.80. The number of benzene rings is 2. The van der Waals surface area contributed by atoms with Crippen LogP contribution in [0.25, 0.3) is 11.6 Å². The second kappa shape index (κ2) is 6.52. The van der Waals surface area contributed by atoms with Crippen molar-refractivity contribution in [3.8, 4) is 5.75 Å². The number of rotatable bonds is 5. The lowest BCUT2D eigenvalue weighted by Gasteiger charge is -2.14. The lowest BCUT2D eigenvalue weighted by molar-refractivity contribution is -0.295. The quantitative estimate of drug-likeness (QED) is 0.476. The number of carbonyl (C=O) groups is 2. The Bertz CT molecular complexity index is 687. The third-order valence-corrected chi connectivity index (χ3v) is 2.98.